The Kier molecular flexibility index (Phi) is 7.80. The number of amides is 1. The van der Waals surface area contributed by atoms with Gasteiger partial charge in [-0.05, 0) is 56.5 Å². The van der Waals surface area contributed by atoms with Crippen LogP contribution in [0, 0.1) is 6.92 Å². The molecule has 1 saturated heterocycles. The number of hydrogen-bond acceptors (Lipinski definition) is 6. The molecule has 0 aliphatic carbocycles. The molecule has 0 bridgehead atoms. The normalized spacial score (nSPS) is 15.7. The minimum absolute atomic E-state index is 0.0680. The van der Waals surface area contributed by atoms with Crippen molar-refractivity contribution in [2.75, 3.05) is 34.0 Å². The third-order valence-electron chi connectivity index (χ3n) is 5.94. The number of aromatic nitrogens is 2. The molecule has 0 spiro atoms. The molecule has 1 N–H and O–H groups in total. The Balaban J connectivity index is 1.62. The van der Waals surface area contributed by atoms with E-state index in [1.807, 2.05) is 37.3 Å². The molecule has 1 aliphatic heterocycles. The standard InChI is InChI=1S/C25H31N3O4S/c1-17-21(24(29)26-11-5-12-30-2)14-23(28(17)15-20-6-4-13-32-20)22-16-33-25(27-22)18-7-9-19(31-3)10-8-18/h7-10,14,16,20H,4-6,11-13,15H2,1-3H3,(H,26,29). The molecule has 176 valence electrons. The first kappa shape index (κ1) is 23.5. The molecule has 1 aromatic carbocycles. The fraction of sp³-hybridized carbons (Fsp3) is 0.440. The summed E-state index contributed by atoms with van der Waals surface area (Å²) in [5, 5.41) is 6.00. The van der Waals surface area contributed by atoms with Crippen molar-refractivity contribution < 1.29 is 19.0 Å². The van der Waals surface area contributed by atoms with Crippen LogP contribution in [0.15, 0.2) is 35.7 Å². The van der Waals surface area contributed by atoms with Crippen molar-refractivity contribution in [1.29, 1.82) is 0 Å². The summed E-state index contributed by atoms with van der Waals surface area (Å²) in [7, 11) is 3.32. The summed E-state index contributed by atoms with van der Waals surface area (Å²) in [5.41, 5.74) is 4.46. The van der Waals surface area contributed by atoms with Crippen molar-refractivity contribution in [2.24, 2.45) is 0 Å². The Bertz CT molecular complexity index is 1070. The second-order valence-corrected chi connectivity index (χ2v) is 9.00. The van der Waals surface area contributed by atoms with Gasteiger partial charge in [0.25, 0.3) is 5.91 Å². The largest absolute Gasteiger partial charge is 0.497 e. The molecule has 1 unspecified atom stereocenters. The van der Waals surface area contributed by atoms with Gasteiger partial charge in [0.2, 0.25) is 0 Å². The van der Waals surface area contributed by atoms with Crippen molar-refractivity contribution in [3.05, 3.63) is 47.0 Å². The highest BCUT2D eigenvalue weighted by atomic mass is 32.1. The molecule has 1 amide bonds. The zero-order chi connectivity index (χ0) is 23.2. The van der Waals surface area contributed by atoms with Gasteiger partial charge in [0.15, 0.2) is 0 Å². The Morgan fingerprint density at radius 3 is 2.82 bits per heavy atom. The molecule has 3 heterocycles. The number of nitrogens with one attached hydrogen (secondary N) is 1. The molecule has 0 radical (unpaired) electrons. The molecular weight excluding hydrogens is 438 g/mol. The predicted molar refractivity (Wildman–Crippen MR) is 130 cm³/mol. The van der Waals surface area contributed by atoms with E-state index >= 15 is 0 Å². The van der Waals surface area contributed by atoms with Gasteiger partial charge in [-0.1, -0.05) is 0 Å². The highest BCUT2D eigenvalue weighted by molar-refractivity contribution is 7.13. The van der Waals surface area contributed by atoms with Crippen LogP contribution in [0.4, 0.5) is 0 Å². The smallest absolute Gasteiger partial charge is 0.253 e. The molecule has 0 saturated carbocycles. The SMILES string of the molecule is COCCCNC(=O)c1cc(-c2csc(-c3ccc(OC)cc3)n2)n(CC2CCCO2)c1C. The van der Waals surface area contributed by atoms with Crippen molar-refractivity contribution >= 4 is 17.2 Å². The van der Waals surface area contributed by atoms with E-state index in [2.05, 4.69) is 15.3 Å². The van der Waals surface area contributed by atoms with Crippen molar-refractivity contribution in [3.63, 3.8) is 0 Å². The first-order chi connectivity index (χ1) is 16.1. The van der Waals surface area contributed by atoms with E-state index in [9.17, 15) is 4.79 Å². The van der Waals surface area contributed by atoms with Gasteiger partial charge in [-0.3, -0.25) is 4.79 Å². The fourth-order valence-corrected chi connectivity index (χ4v) is 4.91. The van der Waals surface area contributed by atoms with Gasteiger partial charge in [0.05, 0.1) is 30.2 Å². The number of thiazole rings is 1. The minimum Gasteiger partial charge on any atom is -0.497 e. The second kappa shape index (κ2) is 11.0. The Hall–Kier alpha value is -2.68. The number of ether oxygens (including phenoxy) is 3. The molecule has 1 fully saturated rings. The van der Waals surface area contributed by atoms with Gasteiger partial charge >= 0.3 is 0 Å². The van der Waals surface area contributed by atoms with Crippen LogP contribution >= 0.6 is 11.3 Å². The second-order valence-electron chi connectivity index (χ2n) is 8.14. The zero-order valence-electron chi connectivity index (χ0n) is 19.4. The number of hydrogen-bond donors (Lipinski definition) is 1. The molecule has 7 nitrogen and oxygen atoms in total. The number of carbonyl (C=O) groups is 1. The predicted octanol–water partition coefficient (Wildman–Crippen LogP) is 4.54. The maximum atomic E-state index is 12.9. The molecule has 8 heteroatoms. The molecule has 33 heavy (non-hydrogen) atoms. The molecular formula is C25H31N3O4S. The summed E-state index contributed by atoms with van der Waals surface area (Å²) in [6.45, 7) is 4.71. The lowest BCUT2D eigenvalue weighted by Gasteiger charge is -2.15. The summed E-state index contributed by atoms with van der Waals surface area (Å²) in [6.07, 6.45) is 3.05. The highest BCUT2D eigenvalue weighted by Crippen LogP contribution is 2.33. The van der Waals surface area contributed by atoms with Crippen LogP contribution < -0.4 is 10.1 Å². The number of rotatable bonds is 10. The Morgan fingerprint density at radius 1 is 1.30 bits per heavy atom. The summed E-state index contributed by atoms with van der Waals surface area (Å²) in [5.74, 6) is 0.749. The van der Waals surface area contributed by atoms with E-state index in [1.54, 1.807) is 25.6 Å². The quantitative estimate of drug-likeness (QED) is 0.441. The van der Waals surface area contributed by atoms with Crippen LogP contribution in [0.1, 0.15) is 35.3 Å². The monoisotopic (exact) mass is 469 g/mol. The van der Waals surface area contributed by atoms with Crippen LogP contribution in [-0.2, 0) is 16.0 Å². The summed E-state index contributed by atoms with van der Waals surface area (Å²) in [4.78, 5) is 17.8. The molecule has 4 rings (SSSR count). The first-order valence-corrected chi connectivity index (χ1v) is 12.2. The minimum atomic E-state index is -0.0680. The summed E-state index contributed by atoms with van der Waals surface area (Å²) >= 11 is 1.59. The zero-order valence-corrected chi connectivity index (χ0v) is 20.2. The van der Waals surface area contributed by atoms with Gasteiger partial charge < -0.3 is 24.1 Å². The lowest BCUT2D eigenvalue weighted by Crippen LogP contribution is -2.26. The average molecular weight is 470 g/mol. The third kappa shape index (κ3) is 5.46. The van der Waals surface area contributed by atoms with Crippen LogP contribution in [0.2, 0.25) is 0 Å². The van der Waals surface area contributed by atoms with E-state index < -0.39 is 0 Å². The van der Waals surface area contributed by atoms with Crippen LogP contribution in [0.25, 0.3) is 22.0 Å². The van der Waals surface area contributed by atoms with E-state index in [4.69, 9.17) is 19.2 Å². The Morgan fingerprint density at radius 2 is 2.12 bits per heavy atom. The van der Waals surface area contributed by atoms with Gasteiger partial charge in [0, 0.05) is 50.1 Å². The van der Waals surface area contributed by atoms with Gasteiger partial charge in [-0.25, -0.2) is 4.98 Å². The van der Waals surface area contributed by atoms with Gasteiger partial charge in [-0.2, -0.15) is 0 Å². The number of benzene rings is 1. The lowest BCUT2D eigenvalue weighted by molar-refractivity contribution is 0.0937. The molecule has 1 atom stereocenters. The number of nitrogens with zero attached hydrogens (tertiary/aromatic N) is 2. The topological polar surface area (TPSA) is 74.6 Å². The molecule has 2 aromatic heterocycles. The van der Waals surface area contributed by atoms with Crippen molar-refractivity contribution in [1.82, 2.24) is 14.9 Å². The number of methoxy groups -OCH3 is 2. The molecule has 3 aromatic rings. The van der Waals surface area contributed by atoms with Crippen LogP contribution in [0.5, 0.6) is 5.75 Å². The van der Waals surface area contributed by atoms with E-state index in [-0.39, 0.29) is 12.0 Å². The fourth-order valence-electron chi connectivity index (χ4n) is 4.09. The average Bonchev–Trinajstić information content (AvgIpc) is 3.59. The maximum Gasteiger partial charge on any atom is 0.253 e. The lowest BCUT2D eigenvalue weighted by atomic mass is 10.2. The third-order valence-corrected chi connectivity index (χ3v) is 6.83. The molecule has 1 aliphatic rings. The van der Waals surface area contributed by atoms with Gasteiger partial charge in [-0.15, -0.1) is 11.3 Å². The van der Waals surface area contributed by atoms with Crippen molar-refractivity contribution in [3.8, 4) is 27.7 Å². The van der Waals surface area contributed by atoms with Crippen LogP contribution in [-0.4, -0.2) is 55.5 Å². The van der Waals surface area contributed by atoms with Crippen LogP contribution in [0.3, 0.4) is 0 Å². The van der Waals surface area contributed by atoms with Gasteiger partial charge in [0.1, 0.15) is 10.8 Å². The summed E-state index contributed by atoms with van der Waals surface area (Å²) in [6, 6.07) is 9.86. The number of carbonyl (C=O) groups excluding carboxylic acids is 1. The highest BCUT2D eigenvalue weighted by Gasteiger charge is 2.24. The first-order valence-electron chi connectivity index (χ1n) is 11.3. The van der Waals surface area contributed by atoms with Crippen molar-refractivity contribution in [2.45, 2.75) is 38.8 Å². The van der Waals surface area contributed by atoms with E-state index in [1.165, 1.54) is 0 Å². The maximum absolute atomic E-state index is 12.9. The Labute approximate surface area is 198 Å². The van der Waals surface area contributed by atoms with E-state index in [0.717, 1.165) is 59.3 Å². The van der Waals surface area contributed by atoms with E-state index in [0.29, 0.717) is 25.3 Å². The summed E-state index contributed by atoms with van der Waals surface area (Å²) < 4.78 is 18.4.